The summed E-state index contributed by atoms with van der Waals surface area (Å²) in [5.74, 6) is 0.380. The van der Waals surface area contributed by atoms with Gasteiger partial charge in [-0.1, -0.05) is 36.4 Å². The van der Waals surface area contributed by atoms with E-state index in [4.69, 9.17) is 9.47 Å². The number of hydrogen-bond donors (Lipinski definition) is 2. The van der Waals surface area contributed by atoms with Crippen LogP contribution in [0.1, 0.15) is 25.7 Å². The molecule has 0 spiro atoms. The van der Waals surface area contributed by atoms with E-state index in [0.717, 1.165) is 25.7 Å². The van der Waals surface area contributed by atoms with Crippen molar-refractivity contribution in [1.29, 1.82) is 0 Å². The molecule has 2 aromatic carbocycles. The molecule has 6 nitrogen and oxygen atoms in total. The second-order valence-corrected chi connectivity index (χ2v) is 7.37. The third-order valence-electron chi connectivity index (χ3n) is 5.60. The highest BCUT2D eigenvalue weighted by molar-refractivity contribution is 5.85. The molecule has 0 aliphatic heterocycles. The summed E-state index contributed by atoms with van der Waals surface area (Å²) in [7, 11) is 0. The minimum absolute atomic E-state index is 0.0433. The molecule has 2 saturated carbocycles. The number of carbonyl (C=O) groups is 2. The molecule has 6 heteroatoms. The fourth-order valence-corrected chi connectivity index (χ4v) is 4.31. The summed E-state index contributed by atoms with van der Waals surface area (Å²) in [4.78, 5) is 24.6. The largest absolute Gasteiger partial charge is 0.446 e. The van der Waals surface area contributed by atoms with E-state index in [2.05, 4.69) is 10.6 Å². The smallest absolute Gasteiger partial charge is 0.411 e. The van der Waals surface area contributed by atoms with Crippen molar-refractivity contribution in [2.24, 2.45) is 11.8 Å². The Morgan fingerprint density at radius 3 is 1.86 bits per heavy atom. The number of benzene rings is 2. The number of para-hydroxylation sites is 2. The Kier molecular flexibility index (Phi) is 5.46. The highest BCUT2D eigenvalue weighted by Crippen LogP contribution is 2.45. The van der Waals surface area contributed by atoms with Crippen molar-refractivity contribution < 1.29 is 19.1 Å². The van der Waals surface area contributed by atoms with Crippen LogP contribution in [0, 0.1) is 11.8 Å². The van der Waals surface area contributed by atoms with Crippen molar-refractivity contribution in [2.45, 2.75) is 37.9 Å². The van der Waals surface area contributed by atoms with Gasteiger partial charge in [0.15, 0.2) is 0 Å². The summed E-state index contributed by atoms with van der Waals surface area (Å²) in [6.07, 6.45) is 2.21. The fourth-order valence-electron chi connectivity index (χ4n) is 4.31. The number of anilines is 2. The molecule has 146 valence electrons. The zero-order valence-corrected chi connectivity index (χ0v) is 15.5. The summed E-state index contributed by atoms with van der Waals surface area (Å²) in [5, 5.41) is 5.52. The summed E-state index contributed by atoms with van der Waals surface area (Å²) >= 11 is 0. The van der Waals surface area contributed by atoms with Gasteiger partial charge in [-0.2, -0.15) is 0 Å². The molecule has 4 rings (SSSR count). The monoisotopic (exact) mass is 380 g/mol. The molecule has 4 atom stereocenters. The molecule has 0 heterocycles. The van der Waals surface area contributed by atoms with E-state index in [1.54, 1.807) is 0 Å². The fraction of sp³-hybridized carbons (Fsp3) is 0.364. The summed E-state index contributed by atoms with van der Waals surface area (Å²) in [6, 6.07) is 18.5. The van der Waals surface area contributed by atoms with Crippen molar-refractivity contribution in [3.63, 3.8) is 0 Å². The summed E-state index contributed by atoms with van der Waals surface area (Å²) < 4.78 is 11.4. The van der Waals surface area contributed by atoms with Gasteiger partial charge in [-0.15, -0.1) is 0 Å². The zero-order valence-electron chi connectivity index (χ0n) is 15.5. The number of amides is 2. The van der Waals surface area contributed by atoms with Crippen LogP contribution >= 0.6 is 0 Å². The van der Waals surface area contributed by atoms with Gasteiger partial charge < -0.3 is 9.47 Å². The number of rotatable bonds is 4. The number of hydrogen-bond acceptors (Lipinski definition) is 4. The van der Waals surface area contributed by atoms with Crippen molar-refractivity contribution in [2.75, 3.05) is 10.6 Å². The van der Waals surface area contributed by atoms with Crippen LogP contribution in [-0.2, 0) is 9.47 Å². The van der Waals surface area contributed by atoms with Gasteiger partial charge in [0.1, 0.15) is 12.2 Å². The number of nitrogens with one attached hydrogen (secondary N) is 2. The maximum absolute atomic E-state index is 12.3. The van der Waals surface area contributed by atoms with E-state index in [1.165, 1.54) is 0 Å². The van der Waals surface area contributed by atoms with Gasteiger partial charge in [0.05, 0.1) is 0 Å². The van der Waals surface area contributed by atoms with Crippen LogP contribution in [0.2, 0.25) is 0 Å². The molecule has 0 radical (unpaired) electrons. The average Bonchev–Trinajstić information content (AvgIpc) is 2.96. The quantitative estimate of drug-likeness (QED) is 0.779. The molecule has 28 heavy (non-hydrogen) atoms. The van der Waals surface area contributed by atoms with E-state index in [-0.39, 0.29) is 18.1 Å². The van der Waals surface area contributed by atoms with E-state index < -0.39 is 12.2 Å². The standard InChI is InChI=1S/C22H24N2O4/c25-21(23-16-7-3-1-4-8-16)27-19-14-12-15-11-13-18(19)20(15)28-22(26)24-17-9-5-2-6-10-17/h1-10,15,18-20H,11-14H2,(H,23,25)(H,24,26)/t15-,18+,19-,20+/m0/s1. The molecule has 2 aromatic rings. The lowest BCUT2D eigenvalue weighted by atomic mass is 9.84. The molecule has 0 unspecified atom stereocenters. The molecule has 2 bridgehead atoms. The van der Waals surface area contributed by atoms with Crippen LogP contribution in [0.3, 0.4) is 0 Å². The molecule has 2 amide bonds. The molecule has 2 aliphatic carbocycles. The van der Waals surface area contributed by atoms with Crippen LogP contribution in [0.25, 0.3) is 0 Å². The Hall–Kier alpha value is -3.02. The van der Waals surface area contributed by atoms with Gasteiger partial charge in [0, 0.05) is 17.3 Å². The van der Waals surface area contributed by atoms with Crippen LogP contribution < -0.4 is 10.6 Å². The predicted octanol–water partition coefficient (Wildman–Crippen LogP) is 5.04. The van der Waals surface area contributed by atoms with Gasteiger partial charge in [-0.05, 0) is 55.9 Å². The third-order valence-corrected chi connectivity index (χ3v) is 5.60. The van der Waals surface area contributed by atoms with Crippen molar-refractivity contribution >= 4 is 23.6 Å². The van der Waals surface area contributed by atoms with E-state index in [0.29, 0.717) is 17.3 Å². The second kappa shape index (κ2) is 8.33. The van der Waals surface area contributed by atoms with E-state index in [9.17, 15) is 9.59 Å². The predicted molar refractivity (Wildman–Crippen MR) is 106 cm³/mol. The van der Waals surface area contributed by atoms with Crippen LogP contribution in [0.5, 0.6) is 0 Å². The highest BCUT2D eigenvalue weighted by atomic mass is 16.6. The van der Waals surface area contributed by atoms with Gasteiger partial charge >= 0.3 is 12.2 Å². The maximum Gasteiger partial charge on any atom is 0.411 e. The number of ether oxygens (including phenoxy) is 2. The number of fused-ring (bicyclic) bond motifs is 2. The van der Waals surface area contributed by atoms with Gasteiger partial charge in [-0.3, -0.25) is 10.6 Å². The molecule has 0 aromatic heterocycles. The van der Waals surface area contributed by atoms with Crippen molar-refractivity contribution in [3.8, 4) is 0 Å². The minimum atomic E-state index is -0.464. The first-order chi connectivity index (χ1) is 13.7. The van der Waals surface area contributed by atoms with Gasteiger partial charge in [0.25, 0.3) is 0 Å². The summed E-state index contributed by atoms with van der Waals surface area (Å²) in [6.45, 7) is 0. The Morgan fingerprint density at radius 2 is 1.25 bits per heavy atom. The first-order valence-corrected chi connectivity index (χ1v) is 9.74. The molecule has 2 fully saturated rings. The molecule has 2 aliphatic rings. The van der Waals surface area contributed by atoms with Crippen LogP contribution in [-0.4, -0.2) is 24.4 Å². The first kappa shape index (κ1) is 18.3. The Balaban J connectivity index is 1.34. The van der Waals surface area contributed by atoms with E-state index >= 15 is 0 Å². The Morgan fingerprint density at radius 1 is 0.714 bits per heavy atom. The van der Waals surface area contributed by atoms with Gasteiger partial charge in [0.2, 0.25) is 0 Å². The van der Waals surface area contributed by atoms with Crippen LogP contribution in [0.4, 0.5) is 21.0 Å². The lowest BCUT2D eigenvalue weighted by Crippen LogP contribution is -2.42. The topological polar surface area (TPSA) is 76.7 Å². The second-order valence-electron chi connectivity index (χ2n) is 7.37. The SMILES string of the molecule is O=C(Nc1ccccc1)O[C@@H]1[C@H]2CC[C@@H]1[C@@H](OC(=O)Nc1ccccc1)CC2. The summed E-state index contributed by atoms with van der Waals surface area (Å²) in [5.41, 5.74) is 1.40. The normalized spacial score (nSPS) is 25.6. The van der Waals surface area contributed by atoms with Crippen molar-refractivity contribution in [1.82, 2.24) is 0 Å². The lowest BCUT2D eigenvalue weighted by molar-refractivity contribution is -0.0322. The Bertz CT molecular complexity index is 812. The molecule has 2 N–H and O–H groups in total. The number of carbonyl (C=O) groups excluding carboxylic acids is 2. The van der Waals surface area contributed by atoms with Gasteiger partial charge in [-0.25, -0.2) is 9.59 Å². The maximum atomic E-state index is 12.3. The minimum Gasteiger partial charge on any atom is -0.446 e. The Labute approximate surface area is 164 Å². The molecular weight excluding hydrogens is 356 g/mol. The average molecular weight is 380 g/mol. The zero-order chi connectivity index (χ0) is 19.3. The first-order valence-electron chi connectivity index (χ1n) is 9.74. The van der Waals surface area contributed by atoms with Crippen molar-refractivity contribution in [3.05, 3.63) is 60.7 Å². The third kappa shape index (κ3) is 4.27. The molecule has 0 saturated heterocycles. The molecular formula is C22H24N2O4. The highest BCUT2D eigenvalue weighted by Gasteiger charge is 2.48. The van der Waals surface area contributed by atoms with E-state index in [1.807, 2.05) is 60.7 Å². The lowest BCUT2D eigenvalue weighted by Gasteiger charge is -2.35. The van der Waals surface area contributed by atoms with Crippen LogP contribution in [0.15, 0.2) is 60.7 Å².